The molecule has 9 atom stereocenters. The molecule has 0 aromatic carbocycles. The van der Waals surface area contributed by atoms with Crippen LogP contribution in [0.25, 0.3) is 22.3 Å². The lowest BCUT2D eigenvalue weighted by Gasteiger charge is -2.40. The maximum Gasteiger partial charge on any atom is 0.470 e. The van der Waals surface area contributed by atoms with Crippen molar-refractivity contribution in [1.29, 1.82) is 0 Å². The number of nitrogens with one attached hydrogen (secondary N) is 4. The van der Waals surface area contributed by atoms with Gasteiger partial charge < -0.3 is 49.5 Å². The van der Waals surface area contributed by atoms with Gasteiger partial charge in [-0.2, -0.15) is 0 Å². The molecule has 0 saturated carbocycles. The van der Waals surface area contributed by atoms with E-state index in [2.05, 4.69) is 24.5 Å². The molecule has 2 aliphatic heterocycles. The molecule has 4 aromatic heterocycles. The van der Waals surface area contributed by atoms with Crippen molar-refractivity contribution in [1.82, 2.24) is 39.0 Å². The molecule has 0 bridgehead atoms. The van der Waals surface area contributed by atoms with Gasteiger partial charge in [0.05, 0.1) is 18.8 Å². The van der Waals surface area contributed by atoms with E-state index in [9.17, 15) is 68.3 Å². The first-order valence-corrected chi connectivity index (χ1v) is 16.2. The molecule has 0 spiro atoms. The highest BCUT2D eigenvalue weighted by Crippen LogP contribution is 2.65. The highest BCUT2D eigenvalue weighted by atomic mass is 31.2. The number of phosphoric ester groups is 1. The van der Waals surface area contributed by atoms with E-state index in [1.165, 1.54) is 0 Å². The molecule has 2 aliphatic rings. The fourth-order valence-electron chi connectivity index (χ4n) is 5.72. The molecule has 0 radical (unpaired) electrons. The summed E-state index contributed by atoms with van der Waals surface area (Å²) in [4.78, 5) is 104. The number of ether oxygens (including phenoxy) is 2. The van der Waals surface area contributed by atoms with Crippen LogP contribution in [0, 0.1) is 0 Å². The highest BCUT2D eigenvalue weighted by molar-refractivity contribution is 7.54. The predicted octanol–water partition coefficient (Wildman–Crippen LogP) is -5.55. The summed E-state index contributed by atoms with van der Waals surface area (Å²) < 4.78 is 42.8. The third-order valence-electron chi connectivity index (χ3n) is 7.77. The molecule has 256 valence electrons. The maximum absolute atomic E-state index is 13.1. The van der Waals surface area contributed by atoms with E-state index < -0.39 is 110 Å². The molecular formula is C20H24N8O17P2. The molecule has 12 N–H and O–H groups in total. The molecule has 0 amide bonds. The number of hydrogen-bond acceptors (Lipinski definition) is 15. The number of imidazole rings is 2. The SMILES string of the molecule is O=c1[nH]c(=O)c2ncn([C@H]3O[C@@H](CC(OP(=O)(O)O)([C@@H]4O[C@H](n5cnc6c(=O)[nH]c(=O)[nH]c65)C(O)C4O)P(=O)(O)O)C(O)C3O)c2[nH]1. The molecule has 47 heavy (non-hydrogen) atoms. The molecule has 2 fully saturated rings. The van der Waals surface area contributed by atoms with Crippen LogP contribution in [0.4, 0.5) is 0 Å². The van der Waals surface area contributed by atoms with E-state index >= 15 is 0 Å². The van der Waals surface area contributed by atoms with E-state index in [0.29, 0.717) is 0 Å². The van der Waals surface area contributed by atoms with Gasteiger partial charge >= 0.3 is 26.8 Å². The van der Waals surface area contributed by atoms with Crippen molar-refractivity contribution in [2.24, 2.45) is 0 Å². The maximum atomic E-state index is 13.1. The Balaban J connectivity index is 1.42. The number of aliphatic hydroxyl groups excluding tert-OH is 4. The highest BCUT2D eigenvalue weighted by Gasteiger charge is 2.67. The van der Waals surface area contributed by atoms with Gasteiger partial charge in [0.2, 0.25) is 5.34 Å². The first kappa shape index (κ1) is 33.2. The van der Waals surface area contributed by atoms with Crippen molar-refractivity contribution < 1.29 is 63.1 Å². The van der Waals surface area contributed by atoms with Gasteiger partial charge in [0.15, 0.2) is 23.5 Å². The van der Waals surface area contributed by atoms with Crippen LogP contribution in [0.2, 0.25) is 0 Å². The molecule has 6 rings (SSSR count). The number of H-pyrrole nitrogens is 4. The quantitative estimate of drug-likeness (QED) is 0.0758. The lowest BCUT2D eigenvalue weighted by atomic mass is 9.97. The Morgan fingerprint density at radius 2 is 1.21 bits per heavy atom. The number of rotatable bonds is 8. The molecule has 0 aliphatic carbocycles. The van der Waals surface area contributed by atoms with Crippen molar-refractivity contribution in [3.63, 3.8) is 0 Å². The van der Waals surface area contributed by atoms with Crippen LogP contribution in [0.1, 0.15) is 18.9 Å². The zero-order chi connectivity index (χ0) is 34.4. The lowest BCUT2D eigenvalue weighted by Crippen LogP contribution is -2.53. The number of aromatic amines is 4. The molecular weight excluding hydrogens is 686 g/mol. The van der Waals surface area contributed by atoms with Gasteiger partial charge in [-0.15, -0.1) is 0 Å². The topological polar surface area (TPSA) is 391 Å². The second-order valence-electron chi connectivity index (χ2n) is 10.7. The van der Waals surface area contributed by atoms with Gasteiger partial charge in [0.1, 0.15) is 41.8 Å². The van der Waals surface area contributed by atoms with Gasteiger partial charge in [-0.3, -0.25) is 47.7 Å². The second kappa shape index (κ2) is 11.2. The van der Waals surface area contributed by atoms with Crippen molar-refractivity contribution in [2.45, 2.75) is 60.8 Å². The number of phosphoric acid groups is 1. The Morgan fingerprint density at radius 1 is 0.745 bits per heavy atom. The monoisotopic (exact) mass is 710 g/mol. The smallest absolute Gasteiger partial charge is 0.388 e. The largest absolute Gasteiger partial charge is 0.470 e. The second-order valence-corrected chi connectivity index (χ2v) is 13.7. The van der Waals surface area contributed by atoms with Gasteiger partial charge in [-0.25, -0.2) is 24.1 Å². The van der Waals surface area contributed by atoms with E-state index in [-0.39, 0.29) is 11.2 Å². The van der Waals surface area contributed by atoms with Crippen LogP contribution in [0.3, 0.4) is 0 Å². The average molecular weight is 710 g/mol. The molecule has 4 aromatic rings. The van der Waals surface area contributed by atoms with Crippen LogP contribution >= 0.6 is 15.4 Å². The summed E-state index contributed by atoms with van der Waals surface area (Å²) in [5.74, 6) is 0. The summed E-state index contributed by atoms with van der Waals surface area (Å²) in [6.07, 6.45) is -16.8. The molecule has 5 unspecified atom stereocenters. The molecule has 2 saturated heterocycles. The van der Waals surface area contributed by atoms with Crippen LogP contribution in [-0.2, 0) is 23.1 Å². The fourth-order valence-corrected chi connectivity index (χ4v) is 8.02. The van der Waals surface area contributed by atoms with Crippen LogP contribution < -0.4 is 22.5 Å². The number of hydrogen-bond donors (Lipinski definition) is 12. The Morgan fingerprint density at radius 3 is 1.68 bits per heavy atom. The van der Waals surface area contributed by atoms with Gasteiger partial charge in [-0.1, -0.05) is 0 Å². The lowest BCUT2D eigenvalue weighted by molar-refractivity contribution is -0.130. The van der Waals surface area contributed by atoms with E-state index in [0.717, 1.165) is 21.8 Å². The Kier molecular flexibility index (Phi) is 7.92. The summed E-state index contributed by atoms with van der Waals surface area (Å²) in [7, 11) is -12.1. The number of fused-ring (bicyclic) bond motifs is 2. The van der Waals surface area contributed by atoms with Gasteiger partial charge in [0, 0.05) is 6.42 Å². The molecule has 25 nitrogen and oxygen atoms in total. The van der Waals surface area contributed by atoms with Gasteiger partial charge in [0.25, 0.3) is 11.1 Å². The van der Waals surface area contributed by atoms with Crippen LogP contribution in [0.5, 0.6) is 0 Å². The minimum atomic E-state index is -6.15. The summed E-state index contributed by atoms with van der Waals surface area (Å²) in [5, 5.41) is 40.0. The summed E-state index contributed by atoms with van der Waals surface area (Å²) in [5.41, 5.74) is -5.41. The van der Waals surface area contributed by atoms with E-state index in [1.807, 2.05) is 9.97 Å². The summed E-state index contributed by atoms with van der Waals surface area (Å²) >= 11 is 0. The zero-order valence-electron chi connectivity index (χ0n) is 22.9. The standard InChI is InChI=1S/C20H24N8O17P2/c29-7-4(43-16(9(7)31)27-2-21-5-12(27)23-18(35)25-14(5)33)1-20(46(37,38)39,45-47(40,41)42)11-8(30)10(32)17(44-11)28-3-22-6-13(28)24-19(36)26-15(6)34/h2-4,7-11,16-17,29-32H,1H2,(H2,37,38,39)(H2,40,41,42)(H2,23,25,33,35)(H2,24,26,34,36)/t4-,7?,8?,9?,10?,11+,16-,17-,20?/m0/s1. The van der Waals surface area contributed by atoms with Gasteiger partial charge in [-0.05, 0) is 0 Å². The fraction of sp³-hybridized carbons (Fsp3) is 0.500. The Bertz CT molecular complexity index is 2190. The van der Waals surface area contributed by atoms with Crippen molar-refractivity contribution in [3.8, 4) is 0 Å². The minimum absolute atomic E-state index is 0.312. The Labute approximate surface area is 255 Å². The average Bonchev–Trinajstić information content (AvgIpc) is 3.69. The van der Waals surface area contributed by atoms with Crippen LogP contribution in [0.15, 0.2) is 31.8 Å². The first-order chi connectivity index (χ1) is 21.8. The van der Waals surface area contributed by atoms with E-state index in [4.69, 9.17) is 9.47 Å². The van der Waals surface area contributed by atoms with Crippen molar-refractivity contribution in [3.05, 3.63) is 54.3 Å². The number of nitrogens with zero attached hydrogens (tertiary/aromatic N) is 4. The molecule has 27 heteroatoms. The predicted molar refractivity (Wildman–Crippen MR) is 146 cm³/mol. The van der Waals surface area contributed by atoms with Crippen molar-refractivity contribution >= 4 is 37.7 Å². The Hall–Kier alpha value is -3.68. The number of aliphatic hydroxyl groups is 4. The zero-order valence-corrected chi connectivity index (χ0v) is 24.7. The molecule has 6 heterocycles. The number of aromatic nitrogens is 8. The van der Waals surface area contributed by atoms with Crippen LogP contribution in [-0.4, -0.2) is 121 Å². The summed E-state index contributed by atoms with van der Waals surface area (Å²) in [6.45, 7) is 0. The third-order valence-corrected chi connectivity index (χ3v) is 9.99. The van der Waals surface area contributed by atoms with E-state index in [1.54, 1.807) is 0 Å². The minimum Gasteiger partial charge on any atom is -0.388 e. The van der Waals surface area contributed by atoms with Crippen molar-refractivity contribution in [2.75, 3.05) is 0 Å². The first-order valence-electron chi connectivity index (χ1n) is 13.1. The summed E-state index contributed by atoms with van der Waals surface area (Å²) in [6, 6.07) is 0. The third kappa shape index (κ3) is 5.45. The normalized spacial score (nSPS) is 30.0.